The van der Waals surface area contributed by atoms with Gasteiger partial charge in [0.25, 0.3) is 0 Å². The second kappa shape index (κ2) is 7.99. The number of hydrogen-bond acceptors (Lipinski definition) is 4. The van der Waals surface area contributed by atoms with Gasteiger partial charge in [-0.3, -0.25) is 4.79 Å². The molecule has 1 atom stereocenters. The van der Waals surface area contributed by atoms with E-state index in [4.69, 9.17) is 9.47 Å². The number of alkyl carbamates (subject to hydrolysis) is 1. The molecule has 1 aromatic carbocycles. The third-order valence-electron chi connectivity index (χ3n) is 2.80. The highest BCUT2D eigenvalue weighted by Crippen LogP contribution is 2.15. The lowest BCUT2D eigenvalue weighted by Crippen LogP contribution is -2.38. The van der Waals surface area contributed by atoms with Crippen molar-refractivity contribution in [2.24, 2.45) is 0 Å². The molecular formula is C18H27NO4. The van der Waals surface area contributed by atoms with E-state index in [1.54, 1.807) is 52.0 Å². The summed E-state index contributed by atoms with van der Waals surface area (Å²) in [6, 6.07) is 6.72. The van der Waals surface area contributed by atoms with E-state index in [1.165, 1.54) is 0 Å². The third kappa shape index (κ3) is 7.68. The van der Waals surface area contributed by atoms with Crippen molar-refractivity contribution in [1.29, 1.82) is 0 Å². The molecule has 0 aromatic heterocycles. The standard InChI is InChI=1S/C18H27NO4/c1-12(2)22-15-9-7-14(8-10-15)16(20)11-13(3)19-17(21)23-18(4,5)6/h7-10,12-13H,11H2,1-6H3,(H,19,21). The van der Waals surface area contributed by atoms with Gasteiger partial charge in [0, 0.05) is 18.0 Å². The van der Waals surface area contributed by atoms with E-state index in [-0.39, 0.29) is 24.3 Å². The Balaban J connectivity index is 2.53. The first-order valence-corrected chi connectivity index (χ1v) is 7.86. The molecule has 5 nitrogen and oxygen atoms in total. The van der Waals surface area contributed by atoms with E-state index >= 15 is 0 Å². The molecule has 0 heterocycles. The monoisotopic (exact) mass is 321 g/mol. The molecule has 0 spiro atoms. The number of ether oxygens (including phenoxy) is 2. The molecule has 0 fully saturated rings. The minimum atomic E-state index is -0.555. The molecule has 1 unspecified atom stereocenters. The summed E-state index contributed by atoms with van der Waals surface area (Å²) in [5, 5.41) is 2.67. The van der Waals surface area contributed by atoms with Gasteiger partial charge in [0.2, 0.25) is 0 Å². The number of amides is 1. The molecule has 1 aromatic rings. The quantitative estimate of drug-likeness (QED) is 0.805. The topological polar surface area (TPSA) is 64.6 Å². The summed E-state index contributed by atoms with van der Waals surface area (Å²) < 4.78 is 10.7. The van der Waals surface area contributed by atoms with Gasteiger partial charge in [-0.2, -0.15) is 0 Å². The Morgan fingerprint density at radius 1 is 1.09 bits per heavy atom. The van der Waals surface area contributed by atoms with Crippen molar-refractivity contribution in [3.05, 3.63) is 29.8 Å². The highest BCUT2D eigenvalue weighted by Gasteiger charge is 2.19. The number of rotatable bonds is 6. The maximum Gasteiger partial charge on any atom is 0.407 e. The summed E-state index contributed by atoms with van der Waals surface area (Å²) in [7, 11) is 0. The van der Waals surface area contributed by atoms with E-state index in [9.17, 15) is 9.59 Å². The lowest BCUT2D eigenvalue weighted by molar-refractivity contribution is 0.0506. The smallest absolute Gasteiger partial charge is 0.407 e. The predicted octanol–water partition coefficient (Wildman–Crippen LogP) is 3.96. The minimum absolute atomic E-state index is 0.0374. The summed E-state index contributed by atoms with van der Waals surface area (Å²) in [6.07, 6.45) is -0.211. The van der Waals surface area contributed by atoms with E-state index in [2.05, 4.69) is 5.32 Å². The first-order valence-electron chi connectivity index (χ1n) is 7.86. The number of benzene rings is 1. The van der Waals surface area contributed by atoms with Crippen LogP contribution in [0.4, 0.5) is 4.79 Å². The van der Waals surface area contributed by atoms with E-state index in [1.807, 2.05) is 13.8 Å². The van der Waals surface area contributed by atoms with Crippen LogP contribution in [0.1, 0.15) is 58.3 Å². The van der Waals surface area contributed by atoms with Gasteiger partial charge in [0.15, 0.2) is 5.78 Å². The van der Waals surface area contributed by atoms with Gasteiger partial charge in [-0.15, -0.1) is 0 Å². The number of Topliss-reactive ketones (excluding diaryl/α,β-unsaturated/α-hetero) is 1. The van der Waals surface area contributed by atoms with Crippen molar-refractivity contribution in [2.75, 3.05) is 0 Å². The SMILES string of the molecule is CC(CC(=O)c1ccc(OC(C)C)cc1)NC(=O)OC(C)(C)C. The molecule has 23 heavy (non-hydrogen) atoms. The highest BCUT2D eigenvalue weighted by atomic mass is 16.6. The van der Waals surface area contributed by atoms with Crippen LogP contribution in [-0.4, -0.2) is 29.6 Å². The van der Waals surface area contributed by atoms with Crippen LogP contribution in [-0.2, 0) is 4.74 Å². The molecule has 0 aliphatic heterocycles. The van der Waals surface area contributed by atoms with Gasteiger partial charge in [-0.05, 0) is 65.8 Å². The van der Waals surface area contributed by atoms with Gasteiger partial charge >= 0.3 is 6.09 Å². The fourth-order valence-corrected chi connectivity index (χ4v) is 1.95. The molecule has 0 radical (unpaired) electrons. The number of carbonyl (C=O) groups excluding carboxylic acids is 2. The van der Waals surface area contributed by atoms with Gasteiger partial charge in [-0.25, -0.2) is 4.79 Å². The Hall–Kier alpha value is -2.04. The van der Waals surface area contributed by atoms with Crippen molar-refractivity contribution >= 4 is 11.9 Å². The largest absolute Gasteiger partial charge is 0.491 e. The minimum Gasteiger partial charge on any atom is -0.491 e. The molecule has 0 saturated carbocycles. The molecule has 1 amide bonds. The van der Waals surface area contributed by atoms with Crippen LogP contribution in [0.3, 0.4) is 0 Å². The lowest BCUT2D eigenvalue weighted by atomic mass is 10.0. The summed E-state index contributed by atoms with van der Waals surface area (Å²) >= 11 is 0. The van der Waals surface area contributed by atoms with Crippen molar-refractivity contribution < 1.29 is 19.1 Å². The zero-order valence-corrected chi connectivity index (χ0v) is 14.8. The average Bonchev–Trinajstić information content (AvgIpc) is 2.35. The first-order chi connectivity index (χ1) is 10.6. The fourth-order valence-electron chi connectivity index (χ4n) is 1.95. The highest BCUT2D eigenvalue weighted by molar-refractivity contribution is 5.96. The third-order valence-corrected chi connectivity index (χ3v) is 2.80. The number of carbonyl (C=O) groups is 2. The van der Waals surface area contributed by atoms with E-state index in [0.717, 1.165) is 5.75 Å². The van der Waals surface area contributed by atoms with Gasteiger partial charge in [-0.1, -0.05) is 0 Å². The Labute approximate surface area is 138 Å². The predicted molar refractivity (Wildman–Crippen MR) is 90.0 cm³/mol. The van der Waals surface area contributed by atoms with Crippen LogP contribution < -0.4 is 10.1 Å². The molecule has 0 bridgehead atoms. The molecule has 1 rings (SSSR count). The number of ketones is 1. The molecule has 128 valence electrons. The molecule has 0 saturated heterocycles. The Morgan fingerprint density at radius 2 is 1.65 bits per heavy atom. The zero-order valence-electron chi connectivity index (χ0n) is 14.8. The van der Waals surface area contributed by atoms with E-state index in [0.29, 0.717) is 5.56 Å². The Kier molecular flexibility index (Phi) is 6.61. The fraction of sp³-hybridized carbons (Fsp3) is 0.556. The van der Waals surface area contributed by atoms with Crippen molar-refractivity contribution in [3.63, 3.8) is 0 Å². The molecule has 5 heteroatoms. The van der Waals surface area contributed by atoms with Crippen molar-refractivity contribution in [1.82, 2.24) is 5.32 Å². The van der Waals surface area contributed by atoms with Crippen LogP contribution in [0, 0.1) is 0 Å². The second-order valence-electron chi connectivity index (χ2n) is 6.87. The van der Waals surface area contributed by atoms with E-state index < -0.39 is 11.7 Å². The summed E-state index contributed by atoms with van der Waals surface area (Å²) in [4.78, 5) is 23.9. The maximum atomic E-state index is 12.2. The second-order valence-corrected chi connectivity index (χ2v) is 6.87. The van der Waals surface area contributed by atoms with Crippen LogP contribution >= 0.6 is 0 Å². The normalized spacial score (nSPS) is 12.7. The van der Waals surface area contributed by atoms with Crippen molar-refractivity contribution in [2.45, 2.75) is 65.7 Å². The van der Waals surface area contributed by atoms with Crippen molar-refractivity contribution in [3.8, 4) is 5.75 Å². The summed E-state index contributed by atoms with van der Waals surface area (Å²) in [5.41, 5.74) is 0.0407. The van der Waals surface area contributed by atoms with Gasteiger partial charge < -0.3 is 14.8 Å². The molecular weight excluding hydrogens is 294 g/mol. The van der Waals surface area contributed by atoms with Gasteiger partial charge in [0.05, 0.1) is 6.10 Å². The summed E-state index contributed by atoms with van der Waals surface area (Å²) in [6.45, 7) is 11.1. The number of hydrogen-bond donors (Lipinski definition) is 1. The first kappa shape index (κ1) is 19.0. The van der Waals surface area contributed by atoms with Gasteiger partial charge in [0.1, 0.15) is 11.4 Å². The molecule has 0 aliphatic carbocycles. The lowest BCUT2D eigenvalue weighted by Gasteiger charge is -2.21. The average molecular weight is 321 g/mol. The molecule has 1 N–H and O–H groups in total. The maximum absolute atomic E-state index is 12.2. The molecule has 0 aliphatic rings. The Morgan fingerprint density at radius 3 is 2.13 bits per heavy atom. The van der Waals surface area contributed by atoms with Crippen LogP contribution in [0.2, 0.25) is 0 Å². The zero-order chi connectivity index (χ0) is 17.6. The Bertz CT molecular complexity index is 529. The van der Waals surface area contributed by atoms with Crippen LogP contribution in [0.5, 0.6) is 5.75 Å². The summed E-state index contributed by atoms with van der Waals surface area (Å²) in [5.74, 6) is 0.695. The number of nitrogens with one attached hydrogen (secondary N) is 1. The van der Waals surface area contributed by atoms with Crippen LogP contribution in [0.15, 0.2) is 24.3 Å². The van der Waals surface area contributed by atoms with Crippen LogP contribution in [0.25, 0.3) is 0 Å².